The van der Waals surface area contributed by atoms with Crippen molar-refractivity contribution in [2.75, 3.05) is 13.1 Å². The fourth-order valence-electron chi connectivity index (χ4n) is 2.12. The molecule has 0 bridgehead atoms. The van der Waals surface area contributed by atoms with Crippen LogP contribution in [-0.2, 0) is 0 Å². The standard InChI is InChI=1S/C11H18N4/c1-8-9(2)13-7-14-11(8)15-5-3-10(12)4-6-15/h7,10H,3-6,12H2,1-2H3/p+1. The van der Waals surface area contributed by atoms with E-state index in [2.05, 4.69) is 16.9 Å². The van der Waals surface area contributed by atoms with E-state index in [0.717, 1.165) is 37.4 Å². The lowest BCUT2D eigenvalue weighted by molar-refractivity contribution is -0.841. The zero-order chi connectivity index (χ0) is 10.8. The number of hydrogen-bond donors (Lipinski definition) is 2. The van der Waals surface area contributed by atoms with E-state index in [1.165, 1.54) is 10.5 Å². The third-order valence-corrected chi connectivity index (χ3v) is 3.30. The number of nitrogens with one attached hydrogen (secondary N) is 1. The van der Waals surface area contributed by atoms with Crippen LogP contribution in [0.5, 0.6) is 0 Å². The van der Waals surface area contributed by atoms with Crippen LogP contribution >= 0.6 is 0 Å². The molecule has 1 aromatic heterocycles. The first-order valence-electron chi connectivity index (χ1n) is 5.57. The van der Waals surface area contributed by atoms with Crippen LogP contribution in [0.1, 0.15) is 24.1 Å². The number of nitrogens with zero attached hydrogens (tertiary/aromatic N) is 2. The van der Waals surface area contributed by atoms with Crippen molar-refractivity contribution in [2.45, 2.75) is 32.7 Å². The van der Waals surface area contributed by atoms with E-state index >= 15 is 0 Å². The van der Waals surface area contributed by atoms with E-state index < -0.39 is 0 Å². The van der Waals surface area contributed by atoms with Crippen molar-refractivity contribution in [3.05, 3.63) is 17.6 Å². The van der Waals surface area contributed by atoms with Gasteiger partial charge in [0.2, 0.25) is 5.82 Å². The predicted molar refractivity (Wildman–Crippen MR) is 59.1 cm³/mol. The van der Waals surface area contributed by atoms with Gasteiger partial charge in [0.25, 0.3) is 0 Å². The topological polar surface area (TPSA) is 56.2 Å². The Morgan fingerprint density at radius 2 is 1.93 bits per heavy atom. The summed E-state index contributed by atoms with van der Waals surface area (Å²) in [6, 6.07) is 0.386. The highest BCUT2D eigenvalue weighted by molar-refractivity contribution is 5.32. The molecule has 1 aliphatic rings. The van der Waals surface area contributed by atoms with E-state index in [-0.39, 0.29) is 0 Å². The molecule has 0 amide bonds. The number of hydrogen-bond acceptors (Lipinski definition) is 3. The summed E-state index contributed by atoms with van der Waals surface area (Å²) in [5.41, 5.74) is 8.21. The SMILES string of the molecule is Cc1ncnc([NH+]2CCC(N)CC2)c1C. The summed E-state index contributed by atoms with van der Waals surface area (Å²) in [4.78, 5) is 10.1. The summed E-state index contributed by atoms with van der Waals surface area (Å²) < 4.78 is 0. The number of nitrogens with two attached hydrogens (primary N) is 1. The van der Waals surface area contributed by atoms with Crippen LogP contribution in [0.15, 0.2) is 6.33 Å². The zero-order valence-electron chi connectivity index (χ0n) is 9.45. The lowest BCUT2D eigenvalue weighted by Crippen LogP contribution is -3.09. The second-order valence-electron chi connectivity index (χ2n) is 4.37. The minimum absolute atomic E-state index is 0.386. The Hall–Kier alpha value is -1.00. The molecule has 0 aliphatic carbocycles. The molecule has 0 radical (unpaired) electrons. The number of rotatable bonds is 1. The lowest BCUT2D eigenvalue weighted by Gasteiger charge is -2.26. The second-order valence-corrected chi connectivity index (χ2v) is 4.37. The fourth-order valence-corrected chi connectivity index (χ4v) is 2.12. The Labute approximate surface area is 90.5 Å². The van der Waals surface area contributed by atoms with Crippen LogP contribution in [0.4, 0.5) is 5.82 Å². The molecule has 4 nitrogen and oxygen atoms in total. The highest BCUT2D eigenvalue weighted by Crippen LogP contribution is 2.09. The van der Waals surface area contributed by atoms with Gasteiger partial charge in [-0.25, -0.2) is 4.98 Å². The van der Waals surface area contributed by atoms with E-state index in [1.807, 2.05) is 6.92 Å². The molecule has 2 heterocycles. The van der Waals surface area contributed by atoms with Crippen molar-refractivity contribution >= 4 is 5.82 Å². The monoisotopic (exact) mass is 207 g/mol. The van der Waals surface area contributed by atoms with Crippen molar-refractivity contribution in [3.8, 4) is 0 Å². The summed E-state index contributed by atoms with van der Waals surface area (Å²) in [5.74, 6) is 1.16. The molecule has 1 aliphatic heterocycles. The van der Waals surface area contributed by atoms with Crippen molar-refractivity contribution < 1.29 is 4.90 Å². The van der Waals surface area contributed by atoms with Gasteiger partial charge < -0.3 is 5.73 Å². The Morgan fingerprint density at radius 1 is 1.27 bits per heavy atom. The van der Waals surface area contributed by atoms with Gasteiger partial charge in [-0.05, 0) is 13.8 Å². The summed E-state index contributed by atoms with van der Waals surface area (Å²) in [6.45, 7) is 6.33. The smallest absolute Gasteiger partial charge is 0.232 e. The minimum atomic E-state index is 0.386. The molecule has 0 spiro atoms. The van der Waals surface area contributed by atoms with E-state index in [9.17, 15) is 0 Å². The molecule has 0 aromatic carbocycles. The van der Waals surface area contributed by atoms with Gasteiger partial charge >= 0.3 is 0 Å². The highest BCUT2D eigenvalue weighted by Gasteiger charge is 2.24. The molecule has 15 heavy (non-hydrogen) atoms. The maximum atomic E-state index is 5.90. The maximum Gasteiger partial charge on any atom is 0.232 e. The molecular weight excluding hydrogens is 188 g/mol. The number of piperidine rings is 1. The van der Waals surface area contributed by atoms with Gasteiger partial charge in [0.05, 0.1) is 18.7 Å². The third kappa shape index (κ3) is 2.16. The number of aryl methyl sites for hydroxylation is 1. The average Bonchev–Trinajstić information content (AvgIpc) is 2.24. The largest absolute Gasteiger partial charge is 0.327 e. The molecule has 3 N–H and O–H groups in total. The van der Waals surface area contributed by atoms with Gasteiger partial charge in [-0.15, -0.1) is 0 Å². The Bertz CT molecular complexity index is 342. The van der Waals surface area contributed by atoms with Crippen molar-refractivity contribution in [3.63, 3.8) is 0 Å². The van der Waals surface area contributed by atoms with Gasteiger partial charge in [-0.1, -0.05) is 0 Å². The summed E-state index contributed by atoms with van der Waals surface area (Å²) in [5, 5.41) is 0. The van der Waals surface area contributed by atoms with Crippen LogP contribution in [0.3, 0.4) is 0 Å². The lowest BCUT2D eigenvalue weighted by atomic mass is 10.1. The molecule has 82 valence electrons. The second kappa shape index (κ2) is 4.24. The first kappa shape index (κ1) is 10.5. The summed E-state index contributed by atoms with van der Waals surface area (Å²) >= 11 is 0. The van der Waals surface area contributed by atoms with Crippen molar-refractivity contribution in [1.82, 2.24) is 9.97 Å². The molecule has 0 atom stereocenters. The molecular formula is C11H19N4+. The summed E-state index contributed by atoms with van der Waals surface area (Å²) in [7, 11) is 0. The predicted octanol–water partition coefficient (Wildman–Crippen LogP) is -0.269. The van der Waals surface area contributed by atoms with Crippen LogP contribution in [0, 0.1) is 13.8 Å². The van der Waals surface area contributed by atoms with E-state index in [4.69, 9.17) is 5.73 Å². The summed E-state index contributed by atoms with van der Waals surface area (Å²) in [6.07, 6.45) is 3.86. The average molecular weight is 207 g/mol. The van der Waals surface area contributed by atoms with E-state index in [0.29, 0.717) is 6.04 Å². The van der Waals surface area contributed by atoms with Gasteiger partial charge in [-0.2, -0.15) is 4.98 Å². The Balaban J connectivity index is 2.19. The molecule has 1 fully saturated rings. The first-order chi connectivity index (χ1) is 7.18. The molecule has 0 saturated carbocycles. The Morgan fingerprint density at radius 3 is 2.60 bits per heavy atom. The van der Waals surface area contributed by atoms with Gasteiger partial charge in [-0.3, -0.25) is 4.90 Å². The van der Waals surface area contributed by atoms with Crippen LogP contribution in [0.25, 0.3) is 0 Å². The zero-order valence-corrected chi connectivity index (χ0v) is 9.45. The maximum absolute atomic E-state index is 5.90. The number of quaternary nitrogens is 1. The molecule has 1 saturated heterocycles. The van der Waals surface area contributed by atoms with Crippen LogP contribution in [-0.4, -0.2) is 29.1 Å². The minimum Gasteiger partial charge on any atom is -0.327 e. The van der Waals surface area contributed by atoms with Gasteiger partial charge in [0.15, 0.2) is 0 Å². The van der Waals surface area contributed by atoms with E-state index in [1.54, 1.807) is 6.33 Å². The molecule has 2 rings (SSSR count). The van der Waals surface area contributed by atoms with Crippen molar-refractivity contribution in [2.24, 2.45) is 5.73 Å². The fraction of sp³-hybridized carbons (Fsp3) is 0.636. The molecule has 0 unspecified atom stereocenters. The number of aromatic nitrogens is 2. The van der Waals surface area contributed by atoms with Crippen LogP contribution in [0.2, 0.25) is 0 Å². The molecule has 4 heteroatoms. The van der Waals surface area contributed by atoms with Gasteiger partial charge in [0, 0.05) is 24.6 Å². The van der Waals surface area contributed by atoms with Gasteiger partial charge in [0.1, 0.15) is 6.33 Å². The first-order valence-corrected chi connectivity index (χ1v) is 5.57. The normalized spacial score (nSPS) is 26.6. The highest BCUT2D eigenvalue weighted by atomic mass is 15.2. The van der Waals surface area contributed by atoms with Crippen molar-refractivity contribution in [1.29, 1.82) is 0 Å². The van der Waals surface area contributed by atoms with Crippen LogP contribution < -0.4 is 10.6 Å². The quantitative estimate of drug-likeness (QED) is 0.666. The molecule has 1 aromatic rings. The third-order valence-electron chi connectivity index (χ3n) is 3.30. The Kier molecular flexibility index (Phi) is 2.98.